The van der Waals surface area contributed by atoms with Crippen molar-refractivity contribution in [3.05, 3.63) is 63.9 Å². The van der Waals surface area contributed by atoms with Crippen molar-refractivity contribution < 1.29 is 0 Å². The number of hydrogen-bond donors (Lipinski definition) is 2. The minimum absolute atomic E-state index is 0.192. The number of nitrogens with two attached hydrogens (primary N) is 1. The Hall–Kier alpha value is -1.52. The molecular weight excluding hydrogens is 308 g/mol. The Morgan fingerprint density at radius 2 is 2.14 bits per heavy atom. The van der Waals surface area contributed by atoms with E-state index in [1.54, 1.807) is 0 Å². The predicted octanol–water partition coefficient (Wildman–Crippen LogP) is 4.56. The van der Waals surface area contributed by atoms with Gasteiger partial charge >= 0.3 is 0 Å². The highest BCUT2D eigenvalue weighted by Gasteiger charge is 2.24. The molecule has 0 saturated heterocycles. The summed E-state index contributed by atoms with van der Waals surface area (Å²) in [5.41, 5.74) is 9.72. The fraction of sp³-hybridized carbons (Fsp3) is 0.278. The SMILES string of the molecule is N=C(N)SC/C=C1/c2ccsc2CCC1Cc1ccccc1. The maximum Gasteiger partial charge on any atom is 0.151 e. The molecule has 1 aliphatic rings. The van der Waals surface area contributed by atoms with Gasteiger partial charge in [0.1, 0.15) is 0 Å². The van der Waals surface area contributed by atoms with Gasteiger partial charge in [0.25, 0.3) is 0 Å². The molecule has 2 aromatic rings. The van der Waals surface area contributed by atoms with Gasteiger partial charge in [-0.1, -0.05) is 48.2 Å². The van der Waals surface area contributed by atoms with Gasteiger partial charge in [0.05, 0.1) is 0 Å². The molecule has 22 heavy (non-hydrogen) atoms. The van der Waals surface area contributed by atoms with Crippen molar-refractivity contribution in [3.8, 4) is 0 Å². The molecule has 1 heterocycles. The summed E-state index contributed by atoms with van der Waals surface area (Å²) in [6.07, 6.45) is 5.76. The Bertz CT molecular complexity index is 673. The molecule has 3 N–H and O–H groups in total. The largest absolute Gasteiger partial charge is 0.379 e. The maximum absolute atomic E-state index is 7.37. The van der Waals surface area contributed by atoms with Crippen LogP contribution in [0, 0.1) is 11.3 Å². The van der Waals surface area contributed by atoms with Crippen molar-refractivity contribution in [1.29, 1.82) is 5.41 Å². The predicted molar refractivity (Wildman–Crippen MR) is 98.6 cm³/mol. The summed E-state index contributed by atoms with van der Waals surface area (Å²) in [5.74, 6) is 1.35. The Labute approximate surface area is 140 Å². The second kappa shape index (κ2) is 7.16. The summed E-state index contributed by atoms with van der Waals surface area (Å²) in [5, 5.41) is 9.76. The lowest BCUT2D eigenvalue weighted by molar-refractivity contribution is 0.591. The van der Waals surface area contributed by atoms with E-state index >= 15 is 0 Å². The molecule has 0 saturated carbocycles. The quantitative estimate of drug-likeness (QED) is 0.638. The molecule has 4 heteroatoms. The van der Waals surface area contributed by atoms with E-state index < -0.39 is 0 Å². The van der Waals surface area contributed by atoms with E-state index in [4.69, 9.17) is 11.1 Å². The number of nitrogens with one attached hydrogen (secondary N) is 1. The van der Waals surface area contributed by atoms with Crippen LogP contribution in [0.1, 0.15) is 22.4 Å². The minimum atomic E-state index is 0.192. The Kier molecular flexibility index (Phi) is 5.01. The molecule has 1 unspecified atom stereocenters. The number of thiophene rings is 1. The number of thioether (sulfide) groups is 1. The van der Waals surface area contributed by atoms with Crippen molar-refractivity contribution in [2.75, 3.05) is 5.75 Å². The smallest absolute Gasteiger partial charge is 0.151 e. The molecule has 1 aromatic heterocycles. The zero-order valence-electron chi connectivity index (χ0n) is 12.4. The van der Waals surface area contributed by atoms with Crippen molar-refractivity contribution in [1.82, 2.24) is 0 Å². The number of rotatable bonds is 4. The van der Waals surface area contributed by atoms with E-state index in [-0.39, 0.29) is 5.17 Å². The van der Waals surface area contributed by atoms with Crippen LogP contribution in [0.4, 0.5) is 0 Å². The van der Waals surface area contributed by atoms with Crippen LogP contribution in [0.15, 0.2) is 47.9 Å². The molecule has 1 aromatic carbocycles. The molecular formula is C18H20N2S2. The zero-order valence-corrected chi connectivity index (χ0v) is 14.1. The number of amidine groups is 1. The van der Waals surface area contributed by atoms with Crippen LogP contribution in [0.25, 0.3) is 5.57 Å². The molecule has 0 fully saturated rings. The van der Waals surface area contributed by atoms with Gasteiger partial charge in [-0.2, -0.15) is 0 Å². The van der Waals surface area contributed by atoms with Crippen LogP contribution in [0.2, 0.25) is 0 Å². The summed E-state index contributed by atoms with van der Waals surface area (Å²) in [6, 6.07) is 13.0. The van der Waals surface area contributed by atoms with Gasteiger partial charge in [0, 0.05) is 10.6 Å². The Morgan fingerprint density at radius 3 is 2.91 bits per heavy atom. The van der Waals surface area contributed by atoms with Gasteiger partial charge < -0.3 is 5.73 Å². The molecule has 0 aliphatic heterocycles. The van der Waals surface area contributed by atoms with Gasteiger partial charge in [-0.25, -0.2) is 0 Å². The Balaban J connectivity index is 1.83. The molecule has 0 bridgehead atoms. The molecule has 0 spiro atoms. The van der Waals surface area contributed by atoms with Gasteiger partial charge in [-0.15, -0.1) is 11.3 Å². The van der Waals surface area contributed by atoms with Crippen LogP contribution in [0.3, 0.4) is 0 Å². The van der Waals surface area contributed by atoms with Crippen LogP contribution >= 0.6 is 23.1 Å². The molecule has 2 nitrogen and oxygen atoms in total. The van der Waals surface area contributed by atoms with E-state index in [2.05, 4.69) is 47.9 Å². The molecule has 1 aliphatic carbocycles. The summed E-state index contributed by atoms with van der Waals surface area (Å²) in [6.45, 7) is 0. The van der Waals surface area contributed by atoms with Crippen molar-refractivity contribution in [3.63, 3.8) is 0 Å². The number of benzene rings is 1. The highest BCUT2D eigenvalue weighted by molar-refractivity contribution is 8.13. The Morgan fingerprint density at radius 1 is 1.32 bits per heavy atom. The van der Waals surface area contributed by atoms with Gasteiger partial charge in [0.15, 0.2) is 5.17 Å². The highest BCUT2D eigenvalue weighted by atomic mass is 32.2. The van der Waals surface area contributed by atoms with E-state index in [1.165, 1.54) is 46.2 Å². The molecule has 0 radical (unpaired) electrons. The first kappa shape index (κ1) is 15.4. The fourth-order valence-corrected chi connectivity index (χ4v) is 4.44. The van der Waals surface area contributed by atoms with Gasteiger partial charge in [0.2, 0.25) is 0 Å². The first-order valence-electron chi connectivity index (χ1n) is 7.51. The summed E-state index contributed by atoms with van der Waals surface area (Å²) >= 11 is 3.26. The molecule has 1 atom stereocenters. The third kappa shape index (κ3) is 3.62. The third-order valence-electron chi connectivity index (χ3n) is 4.08. The highest BCUT2D eigenvalue weighted by Crippen LogP contribution is 2.40. The summed E-state index contributed by atoms with van der Waals surface area (Å²) in [4.78, 5) is 1.50. The summed E-state index contributed by atoms with van der Waals surface area (Å²) < 4.78 is 0. The van der Waals surface area contributed by atoms with Crippen molar-refractivity contribution in [2.24, 2.45) is 11.7 Å². The molecule has 114 valence electrons. The molecule has 0 amide bonds. The first-order chi connectivity index (χ1) is 10.7. The average molecular weight is 329 g/mol. The normalized spacial score (nSPS) is 19.1. The second-order valence-corrected chi connectivity index (χ2v) is 7.58. The van der Waals surface area contributed by atoms with Gasteiger partial charge in [-0.3, -0.25) is 5.41 Å². The van der Waals surface area contributed by atoms with E-state index in [0.29, 0.717) is 5.92 Å². The lowest BCUT2D eigenvalue weighted by Crippen LogP contribution is -2.14. The topological polar surface area (TPSA) is 49.9 Å². The zero-order chi connectivity index (χ0) is 15.4. The fourth-order valence-electron chi connectivity index (χ4n) is 3.08. The second-order valence-electron chi connectivity index (χ2n) is 5.52. The summed E-state index contributed by atoms with van der Waals surface area (Å²) in [7, 11) is 0. The van der Waals surface area contributed by atoms with E-state index in [1.807, 2.05) is 11.3 Å². The minimum Gasteiger partial charge on any atom is -0.379 e. The lowest BCUT2D eigenvalue weighted by atomic mass is 9.80. The first-order valence-corrected chi connectivity index (χ1v) is 9.38. The van der Waals surface area contributed by atoms with Crippen molar-refractivity contribution >= 4 is 33.8 Å². The van der Waals surface area contributed by atoms with Gasteiger partial charge in [-0.05, 0) is 53.3 Å². The third-order valence-corrected chi connectivity index (χ3v) is 5.71. The lowest BCUT2D eigenvalue weighted by Gasteiger charge is -2.26. The van der Waals surface area contributed by atoms with Crippen LogP contribution in [-0.2, 0) is 12.8 Å². The molecule has 3 rings (SSSR count). The van der Waals surface area contributed by atoms with Crippen molar-refractivity contribution in [2.45, 2.75) is 19.3 Å². The number of allylic oxidation sites excluding steroid dienone is 1. The number of aryl methyl sites for hydroxylation is 1. The average Bonchev–Trinajstić information content (AvgIpc) is 2.98. The maximum atomic E-state index is 7.37. The monoisotopic (exact) mass is 328 g/mol. The van der Waals surface area contributed by atoms with E-state index in [9.17, 15) is 0 Å². The van der Waals surface area contributed by atoms with E-state index in [0.717, 1.165) is 12.2 Å². The van der Waals surface area contributed by atoms with Crippen LogP contribution < -0.4 is 5.73 Å². The van der Waals surface area contributed by atoms with Crippen LogP contribution in [-0.4, -0.2) is 10.9 Å². The number of fused-ring (bicyclic) bond motifs is 1. The standard InChI is InChI=1S/C18H20N2S2/c19-18(20)22-11-8-15-14(12-13-4-2-1-3-5-13)6-7-17-16(15)9-10-21-17/h1-5,8-10,14H,6-7,11-12H2,(H3,19,20)/b15-8+. The number of hydrogen-bond acceptors (Lipinski definition) is 3. The van der Waals surface area contributed by atoms with Crippen LogP contribution in [0.5, 0.6) is 0 Å².